The van der Waals surface area contributed by atoms with Gasteiger partial charge in [-0.15, -0.1) is 0 Å². The first-order valence-corrected chi connectivity index (χ1v) is 10.7. The first-order chi connectivity index (χ1) is 15.5. The number of hydrogen-bond donors (Lipinski definition) is 1. The van der Waals surface area contributed by atoms with Crippen molar-refractivity contribution >= 4 is 17.7 Å². The predicted octanol–water partition coefficient (Wildman–Crippen LogP) is 1.98. The Morgan fingerprint density at radius 3 is 1.97 bits per heavy atom. The van der Waals surface area contributed by atoms with Crippen molar-refractivity contribution in [1.29, 1.82) is 0 Å². The van der Waals surface area contributed by atoms with E-state index in [1.165, 1.54) is 19.7 Å². The van der Waals surface area contributed by atoms with Crippen LogP contribution in [0, 0.1) is 0 Å². The van der Waals surface area contributed by atoms with Crippen LogP contribution in [-0.2, 0) is 11.2 Å². The molecule has 0 aromatic heterocycles. The van der Waals surface area contributed by atoms with Gasteiger partial charge in [0, 0.05) is 44.4 Å². The van der Waals surface area contributed by atoms with Gasteiger partial charge in [-0.2, -0.15) is 0 Å². The summed E-state index contributed by atoms with van der Waals surface area (Å²) in [6.45, 7) is 3.80. The minimum Gasteiger partial charge on any atom is -0.493 e. The van der Waals surface area contributed by atoms with Gasteiger partial charge in [0.2, 0.25) is 0 Å². The van der Waals surface area contributed by atoms with Gasteiger partial charge in [0.15, 0.2) is 18.1 Å². The molecular weight excluding hydrogens is 410 g/mol. The van der Waals surface area contributed by atoms with Gasteiger partial charge in [-0.05, 0) is 42.3 Å². The Labute approximate surface area is 188 Å². The zero-order valence-corrected chi connectivity index (χ0v) is 18.7. The molecule has 1 saturated heterocycles. The fourth-order valence-electron chi connectivity index (χ4n) is 3.50. The van der Waals surface area contributed by atoms with E-state index in [1.54, 1.807) is 28.0 Å². The molecule has 2 aromatic rings. The number of ether oxygens (including phenoxy) is 2. The number of likely N-dealkylation sites (N-methyl/N-ethyl adjacent to an activating group) is 1. The van der Waals surface area contributed by atoms with Crippen LogP contribution < -0.4 is 14.8 Å². The quantitative estimate of drug-likeness (QED) is 0.713. The standard InChI is InChI=1S/C24H29N3O5/c1-4-17-5-7-18(8-6-17)23(29)26-11-13-27(14-12-26)24(30)19-9-10-20(21(15-19)31-3)32-16-22(28)25-2/h5-10,15H,4,11-14,16H2,1-3H3,(H,25,28). The van der Waals surface area contributed by atoms with Gasteiger partial charge < -0.3 is 24.6 Å². The second kappa shape index (κ2) is 10.7. The van der Waals surface area contributed by atoms with Crippen molar-refractivity contribution < 1.29 is 23.9 Å². The lowest BCUT2D eigenvalue weighted by molar-refractivity contribution is -0.122. The van der Waals surface area contributed by atoms with E-state index in [-0.39, 0.29) is 24.3 Å². The Morgan fingerprint density at radius 2 is 1.44 bits per heavy atom. The minimum atomic E-state index is -0.263. The maximum atomic E-state index is 13.0. The summed E-state index contributed by atoms with van der Waals surface area (Å²) < 4.78 is 10.8. The number of rotatable bonds is 7. The van der Waals surface area contributed by atoms with Crippen molar-refractivity contribution in [2.24, 2.45) is 0 Å². The van der Waals surface area contributed by atoms with Gasteiger partial charge in [-0.25, -0.2) is 0 Å². The van der Waals surface area contributed by atoms with Gasteiger partial charge in [0.25, 0.3) is 17.7 Å². The number of carbonyl (C=O) groups excluding carboxylic acids is 3. The predicted molar refractivity (Wildman–Crippen MR) is 120 cm³/mol. The molecule has 8 nitrogen and oxygen atoms in total. The van der Waals surface area contributed by atoms with Gasteiger partial charge in [-0.3, -0.25) is 14.4 Å². The van der Waals surface area contributed by atoms with Gasteiger partial charge in [0.1, 0.15) is 0 Å². The lowest BCUT2D eigenvalue weighted by Crippen LogP contribution is -2.50. The molecule has 1 aliphatic heterocycles. The maximum Gasteiger partial charge on any atom is 0.257 e. The molecule has 1 heterocycles. The summed E-state index contributed by atoms with van der Waals surface area (Å²) in [6.07, 6.45) is 0.932. The van der Waals surface area contributed by atoms with Crippen LogP contribution in [0.1, 0.15) is 33.2 Å². The topological polar surface area (TPSA) is 88.2 Å². The van der Waals surface area contributed by atoms with Crippen LogP contribution in [0.15, 0.2) is 42.5 Å². The monoisotopic (exact) mass is 439 g/mol. The van der Waals surface area contributed by atoms with Crippen LogP contribution in [0.5, 0.6) is 11.5 Å². The summed E-state index contributed by atoms with van der Waals surface area (Å²) in [7, 11) is 3.01. The van der Waals surface area contributed by atoms with Gasteiger partial charge >= 0.3 is 0 Å². The van der Waals surface area contributed by atoms with E-state index in [2.05, 4.69) is 12.2 Å². The Hall–Kier alpha value is -3.55. The number of amides is 3. The number of aryl methyl sites for hydroxylation is 1. The van der Waals surface area contributed by atoms with Crippen LogP contribution in [0.2, 0.25) is 0 Å². The molecule has 0 atom stereocenters. The highest BCUT2D eigenvalue weighted by atomic mass is 16.5. The molecule has 0 bridgehead atoms. The van der Waals surface area contributed by atoms with E-state index >= 15 is 0 Å². The Bertz CT molecular complexity index is 966. The molecule has 1 aliphatic rings. The van der Waals surface area contributed by atoms with Crippen molar-refractivity contribution in [2.45, 2.75) is 13.3 Å². The fraction of sp³-hybridized carbons (Fsp3) is 0.375. The third kappa shape index (κ3) is 5.38. The molecule has 3 rings (SSSR count). The summed E-state index contributed by atoms with van der Waals surface area (Å²) in [5.41, 5.74) is 2.32. The average molecular weight is 440 g/mol. The normalized spacial score (nSPS) is 13.5. The highest BCUT2D eigenvalue weighted by molar-refractivity contribution is 5.96. The van der Waals surface area contributed by atoms with Crippen molar-refractivity contribution in [3.8, 4) is 11.5 Å². The molecule has 3 amide bonds. The van der Waals surface area contributed by atoms with E-state index in [0.29, 0.717) is 48.8 Å². The van der Waals surface area contributed by atoms with E-state index in [0.717, 1.165) is 6.42 Å². The molecule has 0 radical (unpaired) electrons. The van der Waals surface area contributed by atoms with Crippen molar-refractivity contribution in [1.82, 2.24) is 15.1 Å². The number of nitrogens with one attached hydrogen (secondary N) is 1. The molecule has 2 aromatic carbocycles. The number of piperazine rings is 1. The number of carbonyl (C=O) groups is 3. The number of nitrogens with zero attached hydrogens (tertiary/aromatic N) is 2. The maximum absolute atomic E-state index is 13.0. The third-order valence-electron chi connectivity index (χ3n) is 5.51. The summed E-state index contributed by atoms with van der Waals surface area (Å²) in [5, 5.41) is 2.48. The van der Waals surface area contributed by atoms with Crippen LogP contribution in [0.25, 0.3) is 0 Å². The van der Waals surface area contributed by atoms with E-state index in [1.807, 2.05) is 24.3 Å². The highest BCUT2D eigenvalue weighted by Gasteiger charge is 2.26. The minimum absolute atomic E-state index is 0.0148. The van der Waals surface area contributed by atoms with E-state index < -0.39 is 0 Å². The van der Waals surface area contributed by atoms with E-state index in [9.17, 15) is 14.4 Å². The zero-order valence-electron chi connectivity index (χ0n) is 18.7. The fourth-order valence-corrected chi connectivity index (χ4v) is 3.50. The molecule has 0 unspecified atom stereocenters. The molecule has 0 aliphatic carbocycles. The summed E-state index contributed by atoms with van der Waals surface area (Å²) >= 11 is 0. The lowest BCUT2D eigenvalue weighted by atomic mass is 10.1. The molecule has 8 heteroatoms. The van der Waals surface area contributed by atoms with Crippen molar-refractivity contribution in [3.63, 3.8) is 0 Å². The van der Waals surface area contributed by atoms with Gasteiger partial charge in [-0.1, -0.05) is 19.1 Å². The third-order valence-corrected chi connectivity index (χ3v) is 5.51. The number of benzene rings is 2. The molecular formula is C24H29N3O5. The Morgan fingerprint density at radius 1 is 0.875 bits per heavy atom. The Balaban J connectivity index is 1.60. The van der Waals surface area contributed by atoms with E-state index in [4.69, 9.17) is 9.47 Å². The zero-order chi connectivity index (χ0) is 23.1. The molecule has 1 fully saturated rings. The first-order valence-electron chi connectivity index (χ1n) is 10.7. The van der Waals surface area contributed by atoms with Crippen LogP contribution >= 0.6 is 0 Å². The number of hydrogen-bond acceptors (Lipinski definition) is 5. The lowest BCUT2D eigenvalue weighted by Gasteiger charge is -2.35. The van der Waals surface area contributed by atoms with Crippen molar-refractivity contribution in [2.75, 3.05) is 46.9 Å². The summed E-state index contributed by atoms with van der Waals surface area (Å²) in [4.78, 5) is 40.6. The van der Waals surface area contributed by atoms with Crippen LogP contribution in [0.3, 0.4) is 0 Å². The van der Waals surface area contributed by atoms with Crippen LogP contribution in [-0.4, -0.2) is 74.5 Å². The second-order valence-corrected chi connectivity index (χ2v) is 7.46. The molecule has 1 N–H and O–H groups in total. The smallest absolute Gasteiger partial charge is 0.257 e. The molecule has 0 spiro atoms. The first kappa shape index (κ1) is 23.1. The SMILES string of the molecule is CCc1ccc(C(=O)N2CCN(C(=O)c3ccc(OCC(=O)NC)c(OC)c3)CC2)cc1. The summed E-state index contributed by atoms with van der Waals surface area (Å²) in [5.74, 6) is 0.349. The Kier molecular flexibility index (Phi) is 7.70. The average Bonchev–Trinajstić information content (AvgIpc) is 2.86. The molecule has 32 heavy (non-hydrogen) atoms. The van der Waals surface area contributed by atoms with Crippen molar-refractivity contribution in [3.05, 3.63) is 59.2 Å². The number of methoxy groups -OCH3 is 1. The second-order valence-electron chi connectivity index (χ2n) is 7.46. The highest BCUT2D eigenvalue weighted by Crippen LogP contribution is 2.28. The molecule has 0 saturated carbocycles. The van der Waals surface area contributed by atoms with Crippen LogP contribution in [0.4, 0.5) is 0 Å². The molecule has 170 valence electrons. The summed E-state index contributed by atoms with van der Waals surface area (Å²) in [6, 6.07) is 12.5. The largest absolute Gasteiger partial charge is 0.493 e. The van der Waals surface area contributed by atoms with Gasteiger partial charge in [0.05, 0.1) is 7.11 Å².